The van der Waals surface area contributed by atoms with Gasteiger partial charge in [-0.05, 0) is 0 Å². The van der Waals surface area contributed by atoms with Gasteiger partial charge in [0.15, 0.2) is 0 Å². The molecule has 0 amide bonds. The summed E-state index contributed by atoms with van der Waals surface area (Å²) in [6, 6.07) is 0.886. The van der Waals surface area contributed by atoms with Crippen molar-refractivity contribution >= 4 is 15.3 Å². The summed E-state index contributed by atoms with van der Waals surface area (Å²) < 4.78 is 9.96. The maximum Gasteiger partial charge on any atom is 0.459 e. The normalized spacial score (nSPS) is 10.2. The Labute approximate surface area is 69.5 Å². The fourth-order valence-corrected chi connectivity index (χ4v) is 2.03. The molecule has 0 heterocycles. The number of unbranched alkanes of at least 4 members (excludes halogenated alkanes) is 1. The van der Waals surface area contributed by atoms with Gasteiger partial charge in [-0.15, -0.1) is 0 Å². The van der Waals surface area contributed by atoms with E-state index in [9.17, 15) is 4.79 Å². The molecule has 0 aromatic heterocycles. The highest BCUT2D eigenvalue weighted by Gasteiger charge is 2.16. The third kappa shape index (κ3) is 6.06. The Bertz CT molecular complexity index is 116. The largest absolute Gasteiger partial charge is 0.492 e. The first-order valence-electron chi connectivity index (χ1n) is 3.79. The zero-order chi connectivity index (χ0) is 8.69. The lowest BCUT2D eigenvalue weighted by atomic mass is 10.4. The van der Waals surface area contributed by atoms with E-state index in [-0.39, 0.29) is 5.97 Å². The molecule has 0 atom stereocenters. The zero-order valence-electron chi connectivity index (χ0n) is 7.35. The Kier molecular flexibility index (Phi) is 6.16. The summed E-state index contributed by atoms with van der Waals surface area (Å²) in [5.41, 5.74) is 0. The monoisotopic (exact) mass is 175 g/mol. The molecule has 0 aliphatic carbocycles. The minimum Gasteiger partial charge on any atom is -0.492 e. The SMILES string of the molecule is CCCC[Si](OC)OC(C)=O. The topological polar surface area (TPSA) is 35.5 Å². The third-order valence-electron chi connectivity index (χ3n) is 1.22. The standard InChI is InChI=1S/C7H15O3Si/c1-4-5-6-11(9-3)10-7(2)8/h4-6H2,1-3H3. The van der Waals surface area contributed by atoms with Crippen molar-refractivity contribution in [3.05, 3.63) is 0 Å². The molecule has 11 heavy (non-hydrogen) atoms. The van der Waals surface area contributed by atoms with Crippen LogP contribution in [-0.4, -0.2) is 22.4 Å². The average molecular weight is 175 g/mol. The van der Waals surface area contributed by atoms with Crippen LogP contribution in [0.15, 0.2) is 0 Å². The van der Waals surface area contributed by atoms with Gasteiger partial charge in [0.05, 0.1) is 0 Å². The summed E-state index contributed by atoms with van der Waals surface area (Å²) in [5.74, 6) is -0.239. The van der Waals surface area contributed by atoms with Crippen molar-refractivity contribution in [2.45, 2.75) is 32.7 Å². The molecule has 0 spiro atoms. The van der Waals surface area contributed by atoms with E-state index in [1.54, 1.807) is 7.11 Å². The molecule has 0 aromatic rings. The Morgan fingerprint density at radius 2 is 2.18 bits per heavy atom. The maximum atomic E-state index is 10.5. The smallest absolute Gasteiger partial charge is 0.459 e. The maximum absolute atomic E-state index is 10.5. The van der Waals surface area contributed by atoms with Gasteiger partial charge in [0.2, 0.25) is 0 Å². The lowest BCUT2D eigenvalue weighted by Gasteiger charge is -2.09. The van der Waals surface area contributed by atoms with Gasteiger partial charge in [-0.25, -0.2) is 0 Å². The van der Waals surface area contributed by atoms with Crippen LogP contribution in [0.4, 0.5) is 0 Å². The van der Waals surface area contributed by atoms with Crippen molar-refractivity contribution in [3.8, 4) is 0 Å². The Morgan fingerprint density at radius 1 is 1.55 bits per heavy atom. The molecule has 0 aliphatic heterocycles. The van der Waals surface area contributed by atoms with Crippen molar-refractivity contribution in [2.75, 3.05) is 7.11 Å². The van der Waals surface area contributed by atoms with Gasteiger partial charge in [0.25, 0.3) is 5.97 Å². The highest BCUT2D eigenvalue weighted by Crippen LogP contribution is 2.02. The fourth-order valence-electron chi connectivity index (χ4n) is 0.676. The summed E-state index contributed by atoms with van der Waals surface area (Å²) in [4.78, 5) is 10.5. The first-order valence-corrected chi connectivity index (χ1v) is 5.31. The molecule has 0 saturated carbocycles. The number of hydrogen-bond donors (Lipinski definition) is 0. The summed E-state index contributed by atoms with van der Waals surface area (Å²) in [7, 11) is 0.295. The molecular weight excluding hydrogens is 160 g/mol. The van der Waals surface area contributed by atoms with E-state index in [0.717, 1.165) is 18.9 Å². The number of carbonyl (C=O) groups excluding carboxylic acids is 1. The zero-order valence-corrected chi connectivity index (χ0v) is 8.35. The molecule has 65 valence electrons. The Morgan fingerprint density at radius 3 is 2.55 bits per heavy atom. The van der Waals surface area contributed by atoms with Gasteiger partial charge in [0, 0.05) is 20.1 Å². The van der Waals surface area contributed by atoms with E-state index in [1.165, 1.54) is 6.92 Å². The van der Waals surface area contributed by atoms with E-state index in [2.05, 4.69) is 6.92 Å². The predicted octanol–water partition coefficient (Wildman–Crippen LogP) is 1.48. The minimum atomic E-state index is -1.30. The lowest BCUT2D eigenvalue weighted by Crippen LogP contribution is -2.23. The van der Waals surface area contributed by atoms with Crippen molar-refractivity contribution in [2.24, 2.45) is 0 Å². The van der Waals surface area contributed by atoms with Crippen LogP contribution in [0.25, 0.3) is 0 Å². The number of hydrogen-bond acceptors (Lipinski definition) is 3. The second-order valence-corrected chi connectivity index (χ2v) is 4.13. The van der Waals surface area contributed by atoms with Crippen LogP contribution in [0.1, 0.15) is 26.7 Å². The van der Waals surface area contributed by atoms with Crippen LogP contribution in [0.2, 0.25) is 6.04 Å². The van der Waals surface area contributed by atoms with E-state index >= 15 is 0 Å². The molecule has 0 fully saturated rings. The molecule has 3 nitrogen and oxygen atoms in total. The van der Waals surface area contributed by atoms with Gasteiger partial charge in [-0.1, -0.05) is 19.8 Å². The summed E-state index contributed by atoms with van der Waals surface area (Å²) in [6.07, 6.45) is 2.17. The van der Waals surface area contributed by atoms with Gasteiger partial charge in [-0.3, -0.25) is 4.79 Å². The Hall–Kier alpha value is -0.353. The van der Waals surface area contributed by atoms with Crippen LogP contribution in [0.5, 0.6) is 0 Å². The Balaban J connectivity index is 3.49. The minimum absolute atomic E-state index is 0.239. The number of carbonyl (C=O) groups is 1. The first kappa shape index (κ1) is 10.6. The summed E-state index contributed by atoms with van der Waals surface area (Å²) >= 11 is 0. The molecule has 4 heteroatoms. The van der Waals surface area contributed by atoms with Crippen LogP contribution in [-0.2, 0) is 13.6 Å². The average Bonchev–Trinajstić information content (AvgIpc) is 1.97. The lowest BCUT2D eigenvalue weighted by molar-refractivity contribution is -0.133. The number of rotatable bonds is 5. The van der Waals surface area contributed by atoms with Crippen molar-refractivity contribution in [1.82, 2.24) is 0 Å². The quantitative estimate of drug-likeness (QED) is 0.594. The van der Waals surface area contributed by atoms with Gasteiger partial charge >= 0.3 is 9.28 Å². The summed E-state index contributed by atoms with van der Waals surface area (Å²) in [6.45, 7) is 3.51. The molecule has 0 aliphatic rings. The highest BCUT2D eigenvalue weighted by molar-refractivity contribution is 6.46. The second kappa shape index (κ2) is 6.36. The van der Waals surface area contributed by atoms with Crippen molar-refractivity contribution < 1.29 is 13.6 Å². The van der Waals surface area contributed by atoms with Crippen LogP contribution in [0.3, 0.4) is 0 Å². The van der Waals surface area contributed by atoms with E-state index in [4.69, 9.17) is 8.85 Å². The van der Waals surface area contributed by atoms with Gasteiger partial charge < -0.3 is 8.85 Å². The molecule has 0 saturated heterocycles. The van der Waals surface area contributed by atoms with E-state index in [1.807, 2.05) is 0 Å². The summed E-state index contributed by atoms with van der Waals surface area (Å²) in [5, 5.41) is 0. The predicted molar refractivity (Wildman–Crippen MR) is 44.2 cm³/mol. The molecular formula is C7H15O3Si. The highest BCUT2D eigenvalue weighted by atomic mass is 28.3. The van der Waals surface area contributed by atoms with Crippen LogP contribution < -0.4 is 0 Å². The van der Waals surface area contributed by atoms with E-state index in [0.29, 0.717) is 0 Å². The van der Waals surface area contributed by atoms with E-state index < -0.39 is 9.28 Å². The molecule has 0 N–H and O–H groups in total. The molecule has 1 radical (unpaired) electrons. The van der Waals surface area contributed by atoms with Crippen LogP contribution >= 0.6 is 0 Å². The second-order valence-electron chi connectivity index (χ2n) is 2.27. The van der Waals surface area contributed by atoms with Gasteiger partial charge in [0.1, 0.15) is 0 Å². The van der Waals surface area contributed by atoms with Crippen molar-refractivity contribution in [3.63, 3.8) is 0 Å². The molecule has 0 bridgehead atoms. The molecule has 0 unspecified atom stereocenters. The van der Waals surface area contributed by atoms with Crippen molar-refractivity contribution in [1.29, 1.82) is 0 Å². The molecule has 0 aromatic carbocycles. The van der Waals surface area contributed by atoms with Gasteiger partial charge in [-0.2, -0.15) is 0 Å². The fraction of sp³-hybridized carbons (Fsp3) is 0.857. The molecule has 0 rings (SSSR count). The first-order chi connectivity index (χ1) is 5.20. The third-order valence-corrected chi connectivity index (χ3v) is 2.95. The van der Waals surface area contributed by atoms with Crippen LogP contribution in [0, 0.1) is 0 Å².